The second-order valence-electron chi connectivity index (χ2n) is 4.52. The van der Waals surface area contributed by atoms with Gasteiger partial charge < -0.3 is 5.11 Å². The Labute approximate surface area is 85.8 Å². The van der Waals surface area contributed by atoms with E-state index in [0.29, 0.717) is 18.8 Å². The van der Waals surface area contributed by atoms with E-state index < -0.39 is 15.6 Å². The molecule has 2 atom stereocenters. The van der Waals surface area contributed by atoms with Crippen molar-refractivity contribution in [3.8, 4) is 0 Å². The van der Waals surface area contributed by atoms with E-state index in [1.165, 1.54) is 0 Å². The second-order valence-corrected chi connectivity index (χ2v) is 6.35. The van der Waals surface area contributed by atoms with Gasteiger partial charge in [0.05, 0.1) is 11.9 Å². The molecule has 0 aromatic rings. The highest BCUT2D eigenvalue weighted by atomic mass is 32.2. The summed E-state index contributed by atoms with van der Waals surface area (Å²) in [6.07, 6.45) is 4.60. The molecule has 0 heterocycles. The average Bonchev–Trinajstić information content (AvgIpc) is 1.99. The van der Waals surface area contributed by atoms with Crippen molar-refractivity contribution in [2.24, 2.45) is 5.92 Å². The summed E-state index contributed by atoms with van der Waals surface area (Å²) in [4.78, 5) is 0. The molecule has 5 heteroatoms. The average molecular weight is 221 g/mol. The third-order valence-corrected chi connectivity index (χ3v) is 3.40. The molecule has 0 radical (unpaired) electrons. The topological polar surface area (TPSA) is 66.4 Å². The second kappa shape index (κ2) is 4.16. The minimum absolute atomic E-state index is 0.149. The molecule has 1 fully saturated rings. The quantitative estimate of drug-likeness (QED) is 0.728. The van der Waals surface area contributed by atoms with Crippen LogP contribution in [0.1, 0.15) is 32.6 Å². The van der Waals surface area contributed by atoms with Gasteiger partial charge in [-0.05, 0) is 18.8 Å². The normalized spacial score (nSPS) is 34.4. The van der Waals surface area contributed by atoms with Gasteiger partial charge in [0.15, 0.2) is 0 Å². The Balaban J connectivity index is 2.49. The van der Waals surface area contributed by atoms with Crippen molar-refractivity contribution in [2.75, 3.05) is 12.8 Å². The van der Waals surface area contributed by atoms with Crippen molar-refractivity contribution < 1.29 is 13.5 Å². The lowest BCUT2D eigenvalue weighted by molar-refractivity contribution is -0.00748. The standard InChI is InChI=1S/C9H19NO3S/c1-8-4-3-5-9(11,6-8)7-10-14(2,12)13/h8,10-11H,3-7H2,1-2H3. The predicted octanol–water partition coefficient (Wildman–Crippen LogP) is 0.477. The monoisotopic (exact) mass is 221 g/mol. The van der Waals surface area contributed by atoms with Gasteiger partial charge in [-0.15, -0.1) is 0 Å². The van der Waals surface area contributed by atoms with E-state index in [1.54, 1.807) is 0 Å². The third-order valence-electron chi connectivity index (χ3n) is 2.73. The summed E-state index contributed by atoms with van der Waals surface area (Å²) in [7, 11) is -3.19. The van der Waals surface area contributed by atoms with E-state index in [0.717, 1.165) is 19.1 Å². The molecule has 0 saturated heterocycles. The van der Waals surface area contributed by atoms with Crippen LogP contribution in [-0.2, 0) is 10.0 Å². The molecule has 14 heavy (non-hydrogen) atoms. The van der Waals surface area contributed by atoms with Crippen molar-refractivity contribution in [1.29, 1.82) is 0 Å². The van der Waals surface area contributed by atoms with Crippen molar-refractivity contribution in [3.63, 3.8) is 0 Å². The summed E-state index contributed by atoms with van der Waals surface area (Å²) in [5.41, 5.74) is -0.833. The van der Waals surface area contributed by atoms with Crippen LogP contribution in [0, 0.1) is 5.92 Å². The lowest BCUT2D eigenvalue weighted by Gasteiger charge is -2.35. The van der Waals surface area contributed by atoms with Crippen LogP contribution in [-0.4, -0.2) is 31.9 Å². The van der Waals surface area contributed by atoms with Gasteiger partial charge in [-0.25, -0.2) is 13.1 Å². The molecule has 1 rings (SSSR count). The van der Waals surface area contributed by atoms with Crippen LogP contribution >= 0.6 is 0 Å². The number of rotatable bonds is 3. The Bertz CT molecular complexity index is 288. The van der Waals surface area contributed by atoms with Crippen LogP contribution in [0.5, 0.6) is 0 Å². The summed E-state index contributed by atoms with van der Waals surface area (Å²) in [5.74, 6) is 0.482. The highest BCUT2D eigenvalue weighted by molar-refractivity contribution is 7.88. The van der Waals surface area contributed by atoms with Crippen LogP contribution in [0.25, 0.3) is 0 Å². The lowest BCUT2D eigenvalue weighted by Crippen LogP contribution is -2.45. The maximum absolute atomic E-state index is 10.9. The van der Waals surface area contributed by atoms with Crippen LogP contribution < -0.4 is 4.72 Å². The van der Waals surface area contributed by atoms with Crippen molar-refractivity contribution in [2.45, 2.75) is 38.2 Å². The minimum Gasteiger partial charge on any atom is -0.389 e. The molecule has 0 aliphatic heterocycles. The maximum atomic E-state index is 10.9. The van der Waals surface area contributed by atoms with E-state index in [1.807, 2.05) is 0 Å². The molecule has 2 N–H and O–H groups in total. The number of hydrogen-bond donors (Lipinski definition) is 2. The van der Waals surface area contributed by atoms with Crippen molar-refractivity contribution in [3.05, 3.63) is 0 Å². The van der Waals surface area contributed by atoms with Gasteiger partial charge in [-0.3, -0.25) is 0 Å². The predicted molar refractivity (Wildman–Crippen MR) is 55.4 cm³/mol. The molecular formula is C9H19NO3S. The summed E-state index contributed by atoms with van der Waals surface area (Å²) in [6, 6.07) is 0. The third kappa shape index (κ3) is 3.94. The molecule has 0 aromatic carbocycles. The zero-order valence-electron chi connectivity index (χ0n) is 8.78. The first-order valence-electron chi connectivity index (χ1n) is 4.98. The van der Waals surface area contributed by atoms with Gasteiger partial charge in [0.25, 0.3) is 0 Å². The first-order chi connectivity index (χ1) is 6.31. The summed E-state index contributed by atoms with van der Waals surface area (Å²) in [5, 5.41) is 10.1. The van der Waals surface area contributed by atoms with E-state index in [4.69, 9.17) is 0 Å². The summed E-state index contributed by atoms with van der Waals surface area (Å²) < 4.78 is 24.1. The molecule has 1 aliphatic carbocycles. The van der Waals surface area contributed by atoms with Crippen LogP contribution in [0.2, 0.25) is 0 Å². The Kier molecular flexibility index (Phi) is 3.55. The number of aliphatic hydroxyl groups is 1. The van der Waals surface area contributed by atoms with Gasteiger partial charge in [0.2, 0.25) is 10.0 Å². The van der Waals surface area contributed by atoms with Gasteiger partial charge >= 0.3 is 0 Å². The Morgan fingerprint density at radius 3 is 2.71 bits per heavy atom. The SMILES string of the molecule is CC1CCCC(O)(CNS(C)(=O)=O)C1. The Hall–Kier alpha value is -0.130. The maximum Gasteiger partial charge on any atom is 0.208 e. The molecule has 0 bridgehead atoms. The minimum atomic E-state index is -3.19. The zero-order chi connectivity index (χ0) is 10.8. The van der Waals surface area contributed by atoms with E-state index in [9.17, 15) is 13.5 Å². The van der Waals surface area contributed by atoms with E-state index in [-0.39, 0.29) is 6.54 Å². The van der Waals surface area contributed by atoms with Crippen molar-refractivity contribution >= 4 is 10.0 Å². The lowest BCUT2D eigenvalue weighted by atomic mass is 9.79. The molecule has 2 unspecified atom stereocenters. The Morgan fingerprint density at radius 2 is 2.21 bits per heavy atom. The summed E-state index contributed by atoms with van der Waals surface area (Å²) in [6.45, 7) is 2.24. The van der Waals surface area contributed by atoms with Crippen molar-refractivity contribution in [1.82, 2.24) is 4.72 Å². The van der Waals surface area contributed by atoms with E-state index >= 15 is 0 Å². The fourth-order valence-electron chi connectivity index (χ4n) is 2.06. The molecule has 1 saturated carbocycles. The Morgan fingerprint density at radius 1 is 1.57 bits per heavy atom. The molecule has 0 amide bonds. The fraction of sp³-hybridized carbons (Fsp3) is 1.00. The first-order valence-corrected chi connectivity index (χ1v) is 6.87. The van der Waals surface area contributed by atoms with Crippen LogP contribution in [0.4, 0.5) is 0 Å². The van der Waals surface area contributed by atoms with Gasteiger partial charge in [-0.1, -0.05) is 19.8 Å². The van der Waals surface area contributed by atoms with Gasteiger partial charge in [0.1, 0.15) is 0 Å². The molecule has 1 aliphatic rings. The molecule has 0 aromatic heterocycles. The van der Waals surface area contributed by atoms with Crippen LogP contribution in [0.15, 0.2) is 0 Å². The van der Waals surface area contributed by atoms with Gasteiger partial charge in [-0.2, -0.15) is 0 Å². The molecule has 4 nitrogen and oxygen atoms in total. The van der Waals surface area contributed by atoms with E-state index in [2.05, 4.69) is 11.6 Å². The van der Waals surface area contributed by atoms with Gasteiger partial charge in [0, 0.05) is 6.54 Å². The highest BCUT2D eigenvalue weighted by Crippen LogP contribution is 2.31. The number of hydrogen-bond acceptors (Lipinski definition) is 3. The smallest absolute Gasteiger partial charge is 0.208 e. The van der Waals surface area contributed by atoms with Crippen LogP contribution in [0.3, 0.4) is 0 Å². The fourth-order valence-corrected chi connectivity index (χ4v) is 2.59. The number of nitrogens with one attached hydrogen (secondary N) is 1. The molecule has 0 spiro atoms. The first kappa shape index (κ1) is 11.9. The summed E-state index contributed by atoms with van der Waals surface area (Å²) >= 11 is 0. The molecule has 84 valence electrons. The number of sulfonamides is 1. The zero-order valence-corrected chi connectivity index (χ0v) is 9.60. The largest absolute Gasteiger partial charge is 0.389 e. The molecular weight excluding hydrogens is 202 g/mol. The highest BCUT2D eigenvalue weighted by Gasteiger charge is 2.32.